The number of rotatable bonds is 3. The molecular weight excluding hydrogens is 430 g/mol. The summed E-state index contributed by atoms with van der Waals surface area (Å²) in [6.45, 7) is 6.61. The molecule has 168 valence electrons. The summed E-state index contributed by atoms with van der Waals surface area (Å²) in [5.41, 5.74) is 0.537. The van der Waals surface area contributed by atoms with Crippen molar-refractivity contribution in [2.75, 3.05) is 13.1 Å². The van der Waals surface area contributed by atoms with Crippen LogP contribution in [0.2, 0.25) is 5.02 Å². The lowest BCUT2D eigenvalue weighted by atomic mass is 10.0. The molecule has 8 heteroatoms. The van der Waals surface area contributed by atoms with Gasteiger partial charge in [-0.3, -0.25) is 0 Å². The Morgan fingerprint density at radius 1 is 1.16 bits per heavy atom. The zero-order chi connectivity index (χ0) is 22.9. The normalized spacial score (nSPS) is 16.8. The SMILES string of the molecule is CC(C)(C)OC(=O)N1CCCC(Oc2nnc(-c3ccc(Cl)cc3O)c3ccccc23)C1. The molecule has 2 heterocycles. The zero-order valence-electron chi connectivity index (χ0n) is 18.3. The zero-order valence-corrected chi connectivity index (χ0v) is 19.1. The largest absolute Gasteiger partial charge is 0.507 e. The van der Waals surface area contributed by atoms with E-state index in [0.717, 1.165) is 23.6 Å². The van der Waals surface area contributed by atoms with Crippen LogP contribution in [0.3, 0.4) is 0 Å². The average molecular weight is 456 g/mol. The smallest absolute Gasteiger partial charge is 0.410 e. The van der Waals surface area contributed by atoms with Gasteiger partial charge in [0.15, 0.2) is 0 Å². The number of nitrogens with zero attached hydrogens (tertiary/aromatic N) is 3. The van der Waals surface area contributed by atoms with Gasteiger partial charge in [-0.25, -0.2) is 4.79 Å². The molecule has 1 aliphatic heterocycles. The molecule has 1 fully saturated rings. The van der Waals surface area contributed by atoms with Gasteiger partial charge in [-0.2, -0.15) is 0 Å². The van der Waals surface area contributed by atoms with E-state index >= 15 is 0 Å². The molecule has 1 aliphatic rings. The molecule has 1 saturated heterocycles. The molecular formula is C24H26ClN3O4. The molecule has 1 N–H and O–H groups in total. The lowest BCUT2D eigenvalue weighted by molar-refractivity contribution is 0.00733. The maximum Gasteiger partial charge on any atom is 0.410 e. The third kappa shape index (κ3) is 4.88. The summed E-state index contributed by atoms with van der Waals surface area (Å²) in [5, 5.41) is 21.1. The summed E-state index contributed by atoms with van der Waals surface area (Å²) >= 11 is 5.97. The molecule has 3 aromatic rings. The summed E-state index contributed by atoms with van der Waals surface area (Å²) in [5.74, 6) is 0.430. The molecule has 32 heavy (non-hydrogen) atoms. The fourth-order valence-electron chi connectivity index (χ4n) is 3.75. The van der Waals surface area contributed by atoms with Crippen LogP contribution in [0, 0.1) is 0 Å². The van der Waals surface area contributed by atoms with Crippen LogP contribution in [0.4, 0.5) is 4.79 Å². The monoisotopic (exact) mass is 455 g/mol. The van der Waals surface area contributed by atoms with Crippen LogP contribution in [0.15, 0.2) is 42.5 Å². The Labute approximate surface area is 191 Å². The molecule has 0 saturated carbocycles. The molecule has 1 unspecified atom stereocenters. The van der Waals surface area contributed by atoms with E-state index in [-0.39, 0.29) is 17.9 Å². The van der Waals surface area contributed by atoms with Crippen molar-refractivity contribution in [3.63, 3.8) is 0 Å². The minimum absolute atomic E-state index is 0.0332. The highest BCUT2D eigenvalue weighted by Crippen LogP contribution is 2.36. The third-order valence-corrected chi connectivity index (χ3v) is 5.41. The van der Waals surface area contributed by atoms with Crippen LogP contribution in [0.1, 0.15) is 33.6 Å². The number of phenols is 1. The number of carbonyl (C=O) groups is 1. The van der Waals surface area contributed by atoms with Crippen LogP contribution >= 0.6 is 11.6 Å². The summed E-state index contributed by atoms with van der Waals surface area (Å²) < 4.78 is 11.7. The first kappa shape index (κ1) is 22.1. The van der Waals surface area contributed by atoms with Gasteiger partial charge in [-0.05, 0) is 57.9 Å². The van der Waals surface area contributed by atoms with Crippen molar-refractivity contribution in [3.8, 4) is 22.9 Å². The van der Waals surface area contributed by atoms with Crippen molar-refractivity contribution in [1.82, 2.24) is 15.1 Å². The molecule has 0 spiro atoms. The number of likely N-dealkylation sites (tertiary alicyclic amines) is 1. The summed E-state index contributed by atoms with van der Waals surface area (Å²) in [7, 11) is 0. The second kappa shape index (κ2) is 8.82. The Morgan fingerprint density at radius 3 is 2.62 bits per heavy atom. The quantitative estimate of drug-likeness (QED) is 0.566. The van der Waals surface area contributed by atoms with Gasteiger partial charge < -0.3 is 19.5 Å². The molecule has 7 nitrogen and oxygen atoms in total. The van der Waals surface area contributed by atoms with Gasteiger partial charge in [0.2, 0.25) is 5.88 Å². The lowest BCUT2D eigenvalue weighted by Crippen LogP contribution is -2.46. The number of halogens is 1. The summed E-state index contributed by atoms with van der Waals surface area (Å²) in [6.07, 6.45) is 1.06. The van der Waals surface area contributed by atoms with E-state index in [1.54, 1.807) is 17.0 Å². The number of benzene rings is 2. The topological polar surface area (TPSA) is 84.8 Å². The van der Waals surface area contributed by atoms with E-state index in [1.165, 1.54) is 6.07 Å². The lowest BCUT2D eigenvalue weighted by Gasteiger charge is -2.34. The Bertz CT molecular complexity index is 1150. The van der Waals surface area contributed by atoms with Gasteiger partial charge in [0.05, 0.1) is 6.54 Å². The van der Waals surface area contributed by atoms with Crippen LogP contribution < -0.4 is 4.74 Å². The number of phenolic OH excluding ortho intramolecular Hbond substituents is 1. The van der Waals surface area contributed by atoms with Crippen molar-refractivity contribution >= 4 is 28.5 Å². The minimum Gasteiger partial charge on any atom is -0.507 e. The molecule has 0 bridgehead atoms. The first-order valence-electron chi connectivity index (χ1n) is 10.6. The van der Waals surface area contributed by atoms with Crippen molar-refractivity contribution in [2.24, 2.45) is 0 Å². The van der Waals surface area contributed by atoms with E-state index in [0.29, 0.717) is 35.2 Å². The van der Waals surface area contributed by atoms with Crippen molar-refractivity contribution in [3.05, 3.63) is 47.5 Å². The van der Waals surface area contributed by atoms with Crippen molar-refractivity contribution < 1.29 is 19.4 Å². The molecule has 1 aromatic heterocycles. The first-order chi connectivity index (χ1) is 15.2. The molecule has 4 rings (SSSR count). The van der Waals surface area contributed by atoms with Gasteiger partial charge >= 0.3 is 6.09 Å². The first-order valence-corrected chi connectivity index (χ1v) is 11.0. The second-order valence-corrected chi connectivity index (χ2v) is 9.31. The summed E-state index contributed by atoms with van der Waals surface area (Å²) in [6, 6.07) is 12.5. The highest BCUT2D eigenvalue weighted by Gasteiger charge is 2.29. The maximum absolute atomic E-state index is 12.5. The Balaban J connectivity index is 1.60. The number of amides is 1. The number of ether oxygens (including phenoxy) is 2. The third-order valence-electron chi connectivity index (χ3n) is 5.18. The van der Waals surface area contributed by atoms with Crippen LogP contribution in [-0.4, -0.2) is 51.1 Å². The predicted molar refractivity (Wildman–Crippen MR) is 123 cm³/mol. The van der Waals surface area contributed by atoms with E-state index < -0.39 is 5.60 Å². The van der Waals surface area contributed by atoms with Crippen LogP contribution in [0.25, 0.3) is 22.0 Å². The number of aromatic hydroxyl groups is 1. The average Bonchev–Trinajstić information content (AvgIpc) is 2.74. The van der Waals surface area contributed by atoms with Crippen molar-refractivity contribution in [1.29, 1.82) is 0 Å². The molecule has 1 amide bonds. The van der Waals surface area contributed by atoms with Gasteiger partial charge in [0, 0.05) is 27.9 Å². The number of piperidine rings is 1. The standard InChI is InChI=1S/C24H26ClN3O4/c1-24(2,3)32-23(30)28-12-6-7-16(14-28)31-22-18-9-5-4-8-17(18)21(26-27-22)19-11-10-15(25)13-20(19)29/h4-5,8-11,13,16,29H,6-7,12,14H2,1-3H3. The van der Waals surface area contributed by atoms with Gasteiger partial charge in [0.1, 0.15) is 23.1 Å². The number of hydrogen-bond acceptors (Lipinski definition) is 6. The highest BCUT2D eigenvalue weighted by atomic mass is 35.5. The van der Waals surface area contributed by atoms with E-state index in [4.69, 9.17) is 21.1 Å². The van der Waals surface area contributed by atoms with Crippen LogP contribution in [-0.2, 0) is 4.74 Å². The molecule has 2 aromatic carbocycles. The van der Waals surface area contributed by atoms with Crippen molar-refractivity contribution in [2.45, 2.75) is 45.3 Å². The van der Waals surface area contributed by atoms with E-state index in [9.17, 15) is 9.90 Å². The Morgan fingerprint density at radius 2 is 1.91 bits per heavy atom. The molecule has 1 atom stereocenters. The molecule has 0 aliphatic carbocycles. The number of aromatic nitrogens is 2. The summed E-state index contributed by atoms with van der Waals surface area (Å²) in [4.78, 5) is 14.1. The molecule has 0 radical (unpaired) electrons. The van der Waals surface area contributed by atoms with E-state index in [1.807, 2.05) is 45.0 Å². The predicted octanol–water partition coefficient (Wildman–Crippen LogP) is 5.43. The highest BCUT2D eigenvalue weighted by molar-refractivity contribution is 6.30. The second-order valence-electron chi connectivity index (χ2n) is 8.87. The Hall–Kier alpha value is -3.06. The van der Waals surface area contributed by atoms with E-state index in [2.05, 4.69) is 10.2 Å². The minimum atomic E-state index is -0.546. The number of fused-ring (bicyclic) bond motifs is 1. The number of hydrogen-bond donors (Lipinski definition) is 1. The van der Waals surface area contributed by atoms with Gasteiger partial charge in [-0.15, -0.1) is 10.2 Å². The maximum atomic E-state index is 12.5. The van der Waals surface area contributed by atoms with Crippen LogP contribution in [0.5, 0.6) is 11.6 Å². The van der Waals surface area contributed by atoms with Gasteiger partial charge in [0.25, 0.3) is 0 Å². The fourth-order valence-corrected chi connectivity index (χ4v) is 3.92. The fraction of sp³-hybridized carbons (Fsp3) is 0.375. The number of carbonyl (C=O) groups excluding carboxylic acids is 1. The van der Waals surface area contributed by atoms with Gasteiger partial charge in [-0.1, -0.05) is 29.8 Å². The Kier molecular flexibility index (Phi) is 6.11.